The van der Waals surface area contributed by atoms with Crippen molar-refractivity contribution >= 4 is 59.5 Å². The molecule has 0 aliphatic carbocycles. The Kier molecular flexibility index (Phi) is 10.6. The van der Waals surface area contributed by atoms with Gasteiger partial charge >= 0.3 is 0 Å². The van der Waals surface area contributed by atoms with Gasteiger partial charge in [-0.1, -0.05) is 25.1 Å². The summed E-state index contributed by atoms with van der Waals surface area (Å²) in [6.45, 7) is 2.48. The minimum absolute atomic E-state index is 0.0499. The van der Waals surface area contributed by atoms with E-state index in [0.29, 0.717) is 55.9 Å². The van der Waals surface area contributed by atoms with E-state index >= 15 is 4.39 Å². The summed E-state index contributed by atoms with van der Waals surface area (Å²) in [5, 5.41) is 6.49. The number of pyridine rings is 1. The molecule has 9 nitrogen and oxygen atoms in total. The van der Waals surface area contributed by atoms with E-state index in [1.165, 1.54) is 48.1 Å². The molecule has 0 saturated heterocycles. The quantitative estimate of drug-likeness (QED) is 0.124. The van der Waals surface area contributed by atoms with Gasteiger partial charge in [-0.3, -0.25) is 4.90 Å². The van der Waals surface area contributed by atoms with Crippen molar-refractivity contribution in [3.8, 4) is 17.0 Å². The number of hydrogen-bond acceptors (Lipinski definition) is 10. The van der Waals surface area contributed by atoms with E-state index in [4.69, 9.17) is 9.72 Å². The first-order valence-corrected chi connectivity index (χ1v) is 18.6. The van der Waals surface area contributed by atoms with Crippen molar-refractivity contribution in [1.29, 1.82) is 0 Å². The van der Waals surface area contributed by atoms with Crippen LogP contribution >= 0.6 is 27.3 Å². The molecule has 1 unspecified atom stereocenters. The fourth-order valence-corrected chi connectivity index (χ4v) is 8.09. The third-order valence-corrected chi connectivity index (χ3v) is 11.0. The summed E-state index contributed by atoms with van der Waals surface area (Å²) in [5.74, 6) is 0.167. The Bertz CT molecular complexity index is 2210. The van der Waals surface area contributed by atoms with E-state index in [1.54, 1.807) is 41.8 Å². The predicted molar refractivity (Wildman–Crippen MR) is 191 cm³/mol. The average molecular weight is 766 g/mol. The highest BCUT2D eigenvalue weighted by Crippen LogP contribution is 2.35. The van der Waals surface area contributed by atoms with Gasteiger partial charge < -0.3 is 10.1 Å². The van der Waals surface area contributed by atoms with Crippen molar-refractivity contribution in [3.05, 3.63) is 117 Å². The molecule has 0 amide bonds. The van der Waals surface area contributed by atoms with Crippen molar-refractivity contribution in [2.45, 2.75) is 31.0 Å². The molecule has 6 rings (SSSR count). The lowest BCUT2D eigenvalue weighted by Crippen LogP contribution is -2.29. The first kappa shape index (κ1) is 34.5. The van der Waals surface area contributed by atoms with Crippen LogP contribution in [0.5, 0.6) is 5.75 Å². The average Bonchev–Trinajstić information content (AvgIpc) is 3.57. The number of thiazole rings is 1. The van der Waals surface area contributed by atoms with Gasteiger partial charge in [0.25, 0.3) is 0 Å². The standard InChI is InChI=1S/C35H31BrF2N6O3S2/c1-3-31(44(2)13-14-49(45,46)33-9-4-5-12-39-33)35-43-30(20-48-35)25-17-26-29(18-28(25)38)40-21-41-34(26)42-24-10-11-32(27(36)16-24)47-19-22-7-6-8-23(37)15-22/h4-12,15-18,20-21,31H,3,13-14,19H2,1-2H3,(H,40,41,42). The first-order valence-electron chi connectivity index (χ1n) is 15.3. The number of aromatic nitrogens is 4. The number of rotatable bonds is 13. The zero-order chi connectivity index (χ0) is 34.5. The van der Waals surface area contributed by atoms with E-state index in [9.17, 15) is 12.8 Å². The summed E-state index contributed by atoms with van der Waals surface area (Å²) in [5.41, 5.74) is 2.59. The maximum absolute atomic E-state index is 15.5. The number of halogens is 3. The van der Waals surface area contributed by atoms with Crippen LogP contribution in [0.25, 0.3) is 22.2 Å². The maximum atomic E-state index is 15.5. The molecule has 3 heterocycles. The second-order valence-corrected chi connectivity index (χ2v) is 15.0. The maximum Gasteiger partial charge on any atom is 0.196 e. The van der Waals surface area contributed by atoms with Crippen molar-refractivity contribution in [2.75, 3.05) is 24.7 Å². The van der Waals surface area contributed by atoms with E-state index in [1.807, 2.05) is 31.0 Å². The Morgan fingerprint density at radius 3 is 2.63 bits per heavy atom. The van der Waals surface area contributed by atoms with Gasteiger partial charge in [-0.25, -0.2) is 37.1 Å². The van der Waals surface area contributed by atoms with Gasteiger partial charge in [-0.05, 0) is 83.5 Å². The predicted octanol–water partition coefficient (Wildman–Crippen LogP) is 8.37. The molecular weight excluding hydrogens is 734 g/mol. The van der Waals surface area contributed by atoms with Crippen molar-refractivity contribution in [2.24, 2.45) is 0 Å². The number of nitrogens with one attached hydrogen (secondary N) is 1. The smallest absolute Gasteiger partial charge is 0.196 e. The van der Waals surface area contributed by atoms with Gasteiger partial charge in [0.2, 0.25) is 0 Å². The first-order chi connectivity index (χ1) is 23.6. The van der Waals surface area contributed by atoms with Crippen LogP contribution in [0.3, 0.4) is 0 Å². The highest BCUT2D eigenvalue weighted by Gasteiger charge is 2.24. The molecule has 1 atom stereocenters. The van der Waals surface area contributed by atoms with Crippen LogP contribution in [-0.4, -0.2) is 52.6 Å². The highest BCUT2D eigenvalue weighted by molar-refractivity contribution is 9.10. The SMILES string of the molecule is CCC(c1nc(-c2cc3c(Nc4ccc(OCc5cccc(F)c5)c(Br)c4)ncnc3cc2F)cs1)N(C)CCS(=O)(=O)c1ccccn1. The third-order valence-electron chi connectivity index (χ3n) is 7.87. The number of nitrogens with zero attached hydrogens (tertiary/aromatic N) is 5. The number of anilines is 2. The molecule has 0 aliphatic heterocycles. The number of sulfone groups is 1. The van der Waals surface area contributed by atoms with Crippen LogP contribution in [-0.2, 0) is 16.4 Å². The Morgan fingerprint density at radius 2 is 1.88 bits per heavy atom. The van der Waals surface area contributed by atoms with Crippen LogP contribution < -0.4 is 10.1 Å². The lowest BCUT2D eigenvalue weighted by atomic mass is 10.1. The molecule has 49 heavy (non-hydrogen) atoms. The van der Waals surface area contributed by atoms with E-state index in [2.05, 4.69) is 36.2 Å². The summed E-state index contributed by atoms with van der Waals surface area (Å²) >= 11 is 4.94. The summed E-state index contributed by atoms with van der Waals surface area (Å²) < 4.78 is 61.2. The molecule has 3 aromatic heterocycles. The van der Waals surface area contributed by atoms with E-state index < -0.39 is 15.7 Å². The molecule has 252 valence electrons. The zero-order valence-electron chi connectivity index (χ0n) is 26.5. The van der Waals surface area contributed by atoms with E-state index in [-0.39, 0.29) is 35.8 Å². The number of benzene rings is 3. The lowest BCUT2D eigenvalue weighted by molar-refractivity contribution is 0.251. The van der Waals surface area contributed by atoms with Gasteiger partial charge in [-0.15, -0.1) is 11.3 Å². The van der Waals surface area contributed by atoms with Crippen molar-refractivity contribution in [1.82, 2.24) is 24.8 Å². The molecule has 1 N–H and O–H groups in total. The molecule has 0 saturated carbocycles. The van der Waals surface area contributed by atoms with Crippen molar-refractivity contribution in [3.63, 3.8) is 0 Å². The summed E-state index contributed by atoms with van der Waals surface area (Å²) in [6, 6.07) is 19.4. The fourth-order valence-electron chi connectivity index (χ4n) is 5.29. The number of fused-ring (bicyclic) bond motifs is 1. The van der Waals surface area contributed by atoms with Crippen LogP contribution in [0, 0.1) is 11.6 Å². The van der Waals surface area contributed by atoms with Crippen molar-refractivity contribution < 1.29 is 21.9 Å². The van der Waals surface area contributed by atoms with Crippen LogP contribution in [0.2, 0.25) is 0 Å². The molecule has 0 fully saturated rings. The van der Waals surface area contributed by atoms with Crippen LogP contribution in [0.15, 0.2) is 100 Å². The molecular formula is C35H31BrF2N6O3S2. The number of hydrogen-bond donors (Lipinski definition) is 1. The van der Waals surface area contributed by atoms with Gasteiger partial charge in [0, 0.05) is 40.8 Å². The molecule has 0 bridgehead atoms. The molecule has 0 spiro atoms. The minimum Gasteiger partial charge on any atom is -0.488 e. The second-order valence-electron chi connectivity index (χ2n) is 11.2. The monoisotopic (exact) mass is 764 g/mol. The zero-order valence-corrected chi connectivity index (χ0v) is 29.7. The molecule has 14 heteroatoms. The fraction of sp³-hybridized carbons (Fsp3) is 0.200. The minimum atomic E-state index is -3.55. The van der Waals surface area contributed by atoms with Crippen LogP contribution in [0.1, 0.15) is 30.0 Å². The molecule has 6 aromatic rings. The summed E-state index contributed by atoms with van der Waals surface area (Å²) in [4.78, 5) is 19.4. The molecule has 0 radical (unpaired) electrons. The number of ether oxygens (including phenoxy) is 1. The van der Waals surface area contributed by atoms with Gasteiger partial charge in [0.05, 0.1) is 27.5 Å². The molecule has 3 aromatic carbocycles. The van der Waals surface area contributed by atoms with Gasteiger partial charge in [0.1, 0.15) is 41.1 Å². The highest BCUT2D eigenvalue weighted by atomic mass is 79.9. The van der Waals surface area contributed by atoms with Gasteiger partial charge in [0.15, 0.2) is 14.9 Å². The largest absolute Gasteiger partial charge is 0.488 e. The topological polar surface area (TPSA) is 110 Å². The summed E-state index contributed by atoms with van der Waals surface area (Å²) in [7, 11) is -1.69. The Hall–Kier alpha value is -4.37. The Balaban J connectivity index is 1.19. The van der Waals surface area contributed by atoms with Crippen LogP contribution in [0.4, 0.5) is 20.3 Å². The molecule has 0 aliphatic rings. The normalized spacial score (nSPS) is 12.4. The third kappa shape index (κ3) is 8.10. The Morgan fingerprint density at radius 1 is 1.02 bits per heavy atom. The lowest BCUT2D eigenvalue weighted by Gasteiger charge is -2.25. The van der Waals surface area contributed by atoms with Gasteiger partial charge in [-0.2, -0.15) is 0 Å². The second kappa shape index (κ2) is 15.0. The summed E-state index contributed by atoms with van der Waals surface area (Å²) in [6.07, 6.45) is 3.51. The van der Waals surface area contributed by atoms with E-state index in [0.717, 1.165) is 5.01 Å². The Labute approximate surface area is 295 Å².